The highest BCUT2D eigenvalue weighted by Crippen LogP contribution is 2.01. The van der Waals surface area contributed by atoms with Crippen molar-refractivity contribution in [3.8, 4) is 23.7 Å². The largest absolute Gasteiger partial charge is 0.286 e. The van der Waals surface area contributed by atoms with E-state index in [1.807, 2.05) is 44.4 Å². The van der Waals surface area contributed by atoms with Crippen molar-refractivity contribution < 1.29 is 0 Å². The van der Waals surface area contributed by atoms with Crippen molar-refractivity contribution in [3.05, 3.63) is 35.9 Å². The predicted octanol–water partition coefficient (Wildman–Crippen LogP) is 3.94. The minimum absolute atomic E-state index is 0.0152. The predicted molar refractivity (Wildman–Crippen MR) is 87.3 cm³/mol. The standard InChI is InChI=1S/C19H25N/c1-4-5-6-7-8-12-15-19(20(2)3)17-16-18-13-10-9-11-14-18/h9-11,13-14,19H,4-8H2,1-3H3. The van der Waals surface area contributed by atoms with E-state index in [9.17, 15) is 0 Å². The summed E-state index contributed by atoms with van der Waals surface area (Å²) in [6.07, 6.45) is 6.06. The first-order valence-corrected chi connectivity index (χ1v) is 7.45. The zero-order valence-corrected chi connectivity index (χ0v) is 12.9. The van der Waals surface area contributed by atoms with Gasteiger partial charge in [-0.05, 0) is 32.6 Å². The molecule has 0 saturated heterocycles. The zero-order valence-electron chi connectivity index (χ0n) is 12.9. The van der Waals surface area contributed by atoms with Crippen LogP contribution in [0.4, 0.5) is 0 Å². The quantitative estimate of drug-likeness (QED) is 0.577. The molecule has 1 nitrogen and oxygen atoms in total. The maximum absolute atomic E-state index is 3.27. The molecule has 0 heterocycles. The van der Waals surface area contributed by atoms with Gasteiger partial charge in [0, 0.05) is 12.0 Å². The maximum Gasteiger partial charge on any atom is 0.133 e. The average molecular weight is 267 g/mol. The van der Waals surface area contributed by atoms with Gasteiger partial charge in [0.15, 0.2) is 0 Å². The van der Waals surface area contributed by atoms with Crippen LogP contribution < -0.4 is 0 Å². The van der Waals surface area contributed by atoms with Gasteiger partial charge in [0.1, 0.15) is 6.04 Å². The number of hydrogen-bond acceptors (Lipinski definition) is 1. The molecule has 0 saturated carbocycles. The molecule has 20 heavy (non-hydrogen) atoms. The Morgan fingerprint density at radius 2 is 1.75 bits per heavy atom. The zero-order chi connectivity index (χ0) is 14.6. The molecule has 1 heteroatoms. The van der Waals surface area contributed by atoms with Crippen LogP contribution >= 0.6 is 0 Å². The Kier molecular flexibility index (Phi) is 8.28. The molecular formula is C19H25N. The molecule has 0 aliphatic heterocycles. The summed E-state index contributed by atoms with van der Waals surface area (Å²) in [7, 11) is 4.05. The average Bonchev–Trinajstić information content (AvgIpc) is 2.46. The third-order valence-electron chi connectivity index (χ3n) is 3.04. The van der Waals surface area contributed by atoms with Crippen LogP contribution in [0.3, 0.4) is 0 Å². The summed E-state index contributed by atoms with van der Waals surface area (Å²) < 4.78 is 0. The summed E-state index contributed by atoms with van der Waals surface area (Å²) in [5, 5.41) is 0. The summed E-state index contributed by atoms with van der Waals surface area (Å²) in [4.78, 5) is 2.06. The van der Waals surface area contributed by atoms with Gasteiger partial charge in [0.05, 0.1) is 0 Å². The van der Waals surface area contributed by atoms with Crippen LogP contribution in [-0.2, 0) is 0 Å². The van der Waals surface area contributed by atoms with E-state index in [4.69, 9.17) is 0 Å². The van der Waals surface area contributed by atoms with Crippen LogP contribution in [0, 0.1) is 23.7 Å². The van der Waals surface area contributed by atoms with E-state index in [2.05, 4.69) is 35.5 Å². The van der Waals surface area contributed by atoms with Crippen molar-refractivity contribution in [2.45, 2.75) is 45.1 Å². The summed E-state index contributed by atoms with van der Waals surface area (Å²) in [5.41, 5.74) is 1.05. The molecule has 106 valence electrons. The number of rotatable bonds is 5. The van der Waals surface area contributed by atoms with Crippen LogP contribution in [0.5, 0.6) is 0 Å². The van der Waals surface area contributed by atoms with E-state index in [-0.39, 0.29) is 6.04 Å². The fourth-order valence-electron chi connectivity index (χ4n) is 1.78. The molecule has 0 fully saturated rings. The molecule has 0 spiro atoms. The molecule has 1 unspecified atom stereocenters. The van der Waals surface area contributed by atoms with E-state index in [1.54, 1.807) is 0 Å². The molecule has 1 aromatic carbocycles. The van der Waals surface area contributed by atoms with Gasteiger partial charge in [-0.15, -0.1) is 5.92 Å². The Balaban J connectivity index is 2.54. The number of benzene rings is 1. The summed E-state index contributed by atoms with van der Waals surface area (Å²) in [5.74, 6) is 13.0. The van der Waals surface area contributed by atoms with Crippen molar-refractivity contribution in [1.82, 2.24) is 4.90 Å². The molecule has 0 N–H and O–H groups in total. The monoisotopic (exact) mass is 267 g/mol. The van der Waals surface area contributed by atoms with Gasteiger partial charge in [-0.3, -0.25) is 4.90 Å². The Morgan fingerprint density at radius 1 is 1.00 bits per heavy atom. The summed E-state index contributed by atoms with van der Waals surface area (Å²) in [6.45, 7) is 2.23. The van der Waals surface area contributed by atoms with Crippen molar-refractivity contribution in [2.24, 2.45) is 0 Å². The second kappa shape index (κ2) is 10.1. The second-order valence-electron chi connectivity index (χ2n) is 5.13. The molecular weight excluding hydrogens is 242 g/mol. The van der Waals surface area contributed by atoms with Gasteiger partial charge in [0.2, 0.25) is 0 Å². The SMILES string of the molecule is CCCCCCC#CC(C#Cc1ccccc1)N(C)C. The van der Waals surface area contributed by atoms with Crippen molar-refractivity contribution >= 4 is 0 Å². The van der Waals surface area contributed by atoms with Crippen LogP contribution in [0.15, 0.2) is 30.3 Å². The Labute approximate surface area is 124 Å². The van der Waals surface area contributed by atoms with Gasteiger partial charge >= 0.3 is 0 Å². The van der Waals surface area contributed by atoms with Crippen molar-refractivity contribution in [2.75, 3.05) is 14.1 Å². The first-order chi connectivity index (χ1) is 9.74. The lowest BCUT2D eigenvalue weighted by Crippen LogP contribution is -2.24. The lowest BCUT2D eigenvalue weighted by Gasteiger charge is -2.12. The third-order valence-corrected chi connectivity index (χ3v) is 3.04. The normalized spacial score (nSPS) is 11.2. The van der Waals surface area contributed by atoms with Gasteiger partial charge in [-0.2, -0.15) is 0 Å². The van der Waals surface area contributed by atoms with E-state index < -0.39 is 0 Å². The fourth-order valence-corrected chi connectivity index (χ4v) is 1.78. The molecule has 1 aromatic rings. The Hall–Kier alpha value is -1.70. The highest BCUT2D eigenvalue weighted by Gasteiger charge is 2.02. The molecule has 1 rings (SSSR count). The van der Waals surface area contributed by atoms with E-state index in [1.165, 1.54) is 25.7 Å². The van der Waals surface area contributed by atoms with Crippen molar-refractivity contribution in [1.29, 1.82) is 0 Å². The molecule has 0 aromatic heterocycles. The molecule has 1 atom stereocenters. The lowest BCUT2D eigenvalue weighted by molar-refractivity contribution is 0.409. The number of unbranched alkanes of at least 4 members (excludes halogenated alkanes) is 4. The van der Waals surface area contributed by atoms with E-state index >= 15 is 0 Å². The highest BCUT2D eigenvalue weighted by molar-refractivity contribution is 5.37. The number of hydrogen-bond donors (Lipinski definition) is 0. The second-order valence-corrected chi connectivity index (χ2v) is 5.13. The first-order valence-electron chi connectivity index (χ1n) is 7.45. The van der Waals surface area contributed by atoms with Gasteiger partial charge in [0.25, 0.3) is 0 Å². The molecule has 0 radical (unpaired) electrons. The number of nitrogens with zero attached hydrogens (tertiary/aromatic N) is 1. The van der Waals surface area contributed by atoms with Crippen LogP contribution in [0.25, 0.3) is 0 Å². The van der Waals surface area contributed by atoms with E-state index in [0.29, 0.717) is 0 Å². The van der Waals surface area contributed by atoms with Gasteiger partial charge in [-0.1, -0.05) is 62.1 Å². The molecule has 0 amide bonds. The minimum Gasteiger partial charge on any atom is -0.286 e. The Bertz CT molecular complexity index is 479. The third kappa shape index (κ3) is 7.03. The van der Waals surface area contributed by atoms with Gasteiger partial charge < -0.3 is 0 Å². The van der Waals surface area contributed by atoms with E-state index in [0.717, 1.165) is 12.0 Å². The molecule has 0 aliphatic carbocycles. The molecule has 0 bridgehead atoms. The van der Waals surface area contributed by atoms with Crippen LogP contribution in [0.2, 0.25) is 0 Å². The van der Waals surface area contributed by atoms with Crippen LogP contribution in [-0.4, -0.2) is 25.0 Å². The highest BCUT2D eigenvalue weighted by atomic mass is 15.1. The smallest absolute Gasteiger partial charge is 0.133 e. The first kappa shape index (κ1) is 16.4. The Morgan fingerprint density at radius 3 is 2.40 bits per heavy atom. The maximum atomic E-state index is 3.27. The molecule has 0 aliphatic rings. The van der Waals surface area contributed by atoms with Crippen LogP contribution in [0.1, 0.15) is 44.6 Å². The summed E-state index contributed by atoms with van der Waals surface area (Å²) >= 11 is 0. The fraction of sp³-hybridized carbons (Fsp3) is 0.474. The topological polar surface area (TPSA) is 3.24 Å². The summed E-state index contributed by atoms with van der Waals surface area (Å²) in [6, 6.07) is 10.1. The van der Waals surface area contributed by atoms with Crippen molar-refractivity contribution in [3.63, 3.8) is 0 Å². The van der Waals surface area contributed by atoms with Gasteiger partial charge in [-0.25, -0.2) is 0 Å². The lowest BCUT2D eigenvalue weighted by atomic mass is 10.1. The minimum atomic E-state index is 0.0152.